The molecule has 2 aromatic rings. The number of nitrogens with zero attached hydrogens (tertiary/aromatic N) is 3. The van der Waals surface area contributed by atoms with Crippen LogP contribution in [0.3, 0.4) is 0 Å². The highest BCUT2D eigenvalue weighted by atomic mass is 32.2. The largest absolute Gasteiger partial charge is 0.370 e. The Bertz CT molecular complexity index is 893. The van der Waals surface area contributed by atoms with Gasteiger partial charge in [-0.15, -0.1) is 12.6 Å². The third-order valence-corrected chi connectivity index (χ3v) is 6.08. The van der Waals surface area contributed by atoms with E-state index in [2.05, 4.69) is 22.5 Å². The van der Waals surface area contributed by atoms with Gasteiger partial charge in [0.2, 0.25) is 0 Å². The minimum Gasteiger partial charge on any atom is -0.370 e. The molecule has 0 saturated carbocycles. The lowest BCUT2D eigenvalue weighted by atomic mass is 10.2. The fraction of sp³-hybridized carbons (Fsp3) is 0.238. The molecule has 0 aliphatic carbocycles. The number of thioether (sulfide) groups is 1. The fourth-order valence-electron chi connectivity index (χ4n) is 3.04. The van der Waals surface area contributed by atoms with Gasteiger partial charge in [-0.25, -0.2) is 0 Å². The van der Waals surface area contributed by atoms with Gasteiger partial charge in [0.25, 0.3) is 5.91 Å². The molecule has 6 heteroatoms. The average molecular weight is 398 g/mol. The molecule has 1 heterocycles. The summed E-state index contributed by atoms with van der Waals surface area (Å²) in [7, 11) is 3.74. The molecule has 1 aliphatic rings. The van der Waals surface area contributed by atoms with Gasteiger partial charge < -0.3 is 4.90 Å². The molecule has 0 unspecified atom stereocenters. The monoisotopic (exact) mass is 397 g/mol. The minimum atomic E-state index is 0.0227. The molecule has 1 aliphatic heterocycles. The third-order valence-electron chi connectivity index (χ3n) is 4.39. The molecule has 0 bridgehead atoms. The molecular weight excluding hydrogens is 374 g/mol. The maximum Gasteiger partial charge on any atom is 0.267 e. The van der Waals surface area contributed by atoms with Gasteiger partial charge in [-0.3, -0.25) is 14.7 Å². The summed E-state index contributed by atoms with van der Waals surface area (Å²) in [6.45, 7) is 3.20. The zero-order chi connectivity index (χ0) is 19.4. The second kappa shape index (κ2) is 8.67. The second-order valence-electron chi connectivity index (χ2n) is 6.44. The Balaban J connectivity index is 1.81. The number of hydrogen-bond acceptors (Lipinski definition) is 5. The predicted molar refractivity (Wildman–Crippen MR) is 118 cm³/mol. The van der Waals surface area contributed by atoms with Crippen LogP contribution in [0.2, 0.25) is 0 Å². The van der Waals surface area contributed by atoms with Gasteiger partial charge in [-0.05, 0) is 42.0 Å². The zero-order valence-electron chi connectivity index (χ0n) is 15.7. The van der Waals surface area contributed by atoms with Gasteiger partial charge in [-0.2, -0.15) is 0 Å². The van der Waals surface area contributed by atoms with E-state index < -0.39 is 0 Å². The Morgan fingerprint density at radius 2 is 1.81 bits per heavy atom. The van der Waals surface area contributed by atoms with E-state index in [0.717, 1.165) is 31.8 Å². The van der Waals surface area contributed by atoms with Crippen molar-refractivity contribution in [3.63, 3.8) is 0 Å². The van der Waals surface area contributed by atoms with E-state index in [4.69, 9.17) is 0 Å². The van der Waals surface area contributed by atoms with Crippen molar-refractivity contribution < 1.29 is 4.79 Å². The first-order valence-corrected chi connectivity index (χ1v) is 9.97. The van der Waals surface area contributed by atoms with Crippen LogP contribution in [0.4, 0.5) is 5.69 Å². The molecule has 0 radical (unpaired) electrons. The molecule has 2 aromatic carbocycles. The number of thiol groups is 1. The quantitative estimate of drug-likeness (QED) is 0.598. The maximum atomic E-state index is 13.0. The number of benzene rings is 2. The van der Waals surface area contributed by atoms with Crippen molar-refractivity contribution in [1.82, 2.24) is 4.90 Å². The lowest BCUT2D eigenvalue weighted by molar-refractivity contribution is -0.122. The van der Waals surface area contributed by atoms with Crippen LogP contribution in [0.1, 0.15) is 12.5 Å². The summed E-state index contributed by atoms with van der Waals surface area (Å²) in [6, 6.07) is 18.0. The van der Waals surface area contributed by atoms with Crippen LogP contribution in [-0.2, 0) is 11.3 Å². The molecule has 4 nitrogen and oxygen atoms in total. The van der Waals surface area contributed by atoms with Crippen LogP contribution >= 0.6 is 24.4 Å². The lowest BCUT2D eigenvalue weighted by Gasteiger charge is -2.22. The normalized spacial score (nSPS) is 17.6. The van der Waals surface area contributed by atoms with E-state index in [1.165, 1.54) is 11.8 Å². The SMILES string of the molecule is CN=C1S/C(=C(\C)CN(C)c2ccccc2S)C(=O)N1Cc1ccccc1. The number of rotatable bonds is 5. The average Bonchev–Trinajstić information content (AvgIpc) is 2.99. The highest BCUT2D eigenvalue weighted by molar-refractivity contribution is 8.18. The highest BCUT2D eigenvalue weighted by Crippen LogP contribution is 2.35. The predicted octanol–water partition coefficient (Wildman–Crippen LogP) is 4.45. The van der Waals surface area contributed by atoms with Crippen molar-refractivity contribution in [3.05, 3.63) is 70.6 Å². The molecule has 140 valence electrons. The molecule has 0 spiro atoms. The lowest BCUT2D eigenvalue weighted by Crippen LogP contribution is -2.29. The third kappa shape index (κ3) is 4.39. The number of amidine groups is 1. The number of hydrogen-bond donors (Lipinski definition) is 1. The van der Waals surface area contributed by atoms with Crippen LogP contribution < -0.4 is 4.90 Å². The summed E-state index contributed by atoms with van der Waals surface area (Å²) in [5, 5.41) is 0.746. The number of carbonyl (C=O) groups is 1. The summed E-state index contributed by atoms with van der Waals surface area (Å²) in [5.41, 5.74) is 3.16. The van der Waals surface area contributed by atoms with Gasteiger partial charge in [0.1, 0.15) is 0 Å². The van der Waals surface area contributed by atoms with Gasteiger partial charge in [-0.1, -0.05) is 42.5 Å². The summed E-state index contributed by atoms with van der Waals surface area (Å²) in [4.78, 5) is 22.9. The zero-order valence-corrected chi connectivity index (χ0v) is 17.4. The van der Waals surface area contributed by atoms with Crippen LogP contribution in [0.15, 0.2) is 75.0 Å². The fourth-order valence-corrected chi connectivity index (χ4v) is 4.34. The van der Waals surface area contributed by atoms with Gasteiger partial charge >= 0.3 is 0 Å². The molecule has 0 aromatic heterocycles. The standard InChI is InChI=1S/C21H23N3OS2/c1-15(13-23(3)17-11-7-8-12-18(17)26)19-20(25)24(21(22-2)27-19)14-16-9-5-4-6-10-16/h4-12,26H,13-14H2,1-3H3/b19-15+,22-21?. The molecule has 27 heavy (non-hydrogen) atoms. The van der Waals surface area contributed by atoms with Crippen LogP contribution in [0, 0.1) is 0 Å². The smallest absolute Gasteiger partial charge is 0.267 e. The van der Waals surface area contributed by atoms with Crippen LogP contribution in [0.25, 0.3) is 0 Å². The van der Waals surface area contributed by atoms with Crippen molar-refractivity contribution >= 4 is 41.2 Å². The van der Waals surface area contributed by atoms with Gasteiger partial charge in [0.05, 0.1) is 17.1 Å². The van der Waals surface area contributed by atoms with Crippen molar-refractivity contribution in [2.24, 2.45) is 4.99 Å². The Morgan fingerprint density at radius 3 is 2.48 bits per heavy atom. The van der Waals surface area contributed by atoms with Gasteiger partial charge in [0.15, 0.2) is 5.17 Å². The highest BCUT2D eigenvalue weighted by Gasteiger charge is 2.34. The van der Waals surface area contributed by atoms with Crippen molar-refractivity contribution in [1.29, 1.82) is 0 Å². The molecule has 0 N–H and O–H groups in total. The maximum absolute atomic E-state index is 13.0. The van der Waals surface area contributed by atoms with E-state index in [9.17, 15) is 4.79 Å². The Hall–Kier alpha value is -2.18. The molecule has 3 rings (SSSR count). The first kappa shape index (κ1) is 19.6. The molecule has 1 amide bonds. The number of aliphatic imine (C=N–C) groups is 1. The van der Waals surface area contributed by atoms with E-state index in [1.807, 2.05) is 68.6 Å². The number of carbonyl (C=O) groups excluding carboxylic acids is 1. The number of para-hydroxylation sites is 1. The summed E-state index contributed by atoms with van der Waals surface area (Å²) in [6.07, 6.45) is 0. The van der Waals surface area contributed by atoms with Crippen LogP contribution in [-0.4, -0.2) is 36.6 Å². The van der Waals surface area contributed by atoms with E-state index in [-0.39, 0.29) is 5.91 Å². The Kier molecular flexibility index (Phi) is 6.29. The topological polar surface area (TPSA) is 35.9 Å². The molecule has 0 atom stereocenters. The summed E-state index contributed by atoms with van der Waals surface area (Å²) >= 11 is 5.99. The first-order valence-electron chi connectivity index (χ1n) is 8.70. The minimum absolute atomic E-state index is 0.0227. The molecule has 1 fully saturated rings. The van der Waals surface area contributed by atoms with Crippen molar-refractivity contribution in [2.75, 3.05) is 25.5 Å². The van der Waals surface area contributed by atoms with E-state index in [1.54, 1.807) is 11.9 Å². The summed E-state index contributed by atoms with van der Waals surface area (Å²) in [5.74, 6) is 0.0227. The van der Waals surface area contributed by atoms with Crippen LogP contribution in [0.5, 0.6) is 0 Å². The second-order valence-corrected chi connectivity index (χ2v) is 7.90. The first-order chi connectivity index (χ1) is 13.0. The van der Waals surface area contributed by atoms with Crippen molar-refractivity contribution in [3.8, 4) is 0 Å². The summed E-state index contributed by atoms with van der Waals surface area (Å²) < 4.78 is 0. The van der Waals surface area contributed by atoms with Crippen molar-refractivity contribution in [2.45, 2.75) is 18.4 Å². The Labute approximate surface area is 170 Å². The number of amides is 1. The van der Waals surface area contributed by atoms with E-state index >= 15 is 0 Å². The molecular formula is C21H23N3OS2. The van der Waals surface area contributed by atoms with Gasteiger partial charge in [0, 0.05) is 25.5 Å². The number of likely N-dealkylation sites (N-methyl/N-ethyl adjacent to an activating group) is 1. The number of anilines is 1. The Morgan fingerprint density at radius 1 is 1.15 bits per heavy atom. The molecule has 1 saturated heterocycles. The van der Waals surface area contributed by atoms with E-state index in [0.29, 0.717) is 13.1 Å².